The van der Waals surface area contributed by atoms with Gasteiger partial charge in [-0.3, -0.25) is 9.32 Å². The second kappa shape index (κ2) is 6.85. The molecule has 4 rings (SSSR count). The Hall–Kier alpha value is -1.19. The van der Waals surface area contributed by atoms with E-state index in [1.165, 1.54) is 16.8 Å². The Morgan fingerprint density at radius 1 is 1.36 bits per heavy atom. The molecule has 1 spiro atoms. The average Bonchev–Trinajstić information content (AvgIpc) is 2.94. The molecule has 0 aromatic rings. The molecular weight excluding hydrogens is 352 g/mol. The number of nitriles is 1. The molecule has 132 valence electrons. The van der Waals surface area contributed by atoms with Crippen molar-refractivity contribution in [2.24, 2.45) is 5.41 Å². The summed E-state index contributed by atoms with van der Waals surface area (Å²) < 4.78 is 1.97. The van der Waals surface area contributed by atoms with Crippen molar-refractivity contribution in [2.75, 3.05) is 39.0 Å². The summed E-state index contributed by atoms with van der Waals surface area (Å²) in [4.78, 5) is 4.83. The van der Waals surface area contributed by atoms with Crippen molar-refractivity contribution in [3.63, 3.8) is 0 Å². The van der Waals surface area contributed by atoms with Gasteiger partial charge in [0.25, 0.3) is 0 Å². The van der Waals surface area contributed by atoms with Crippen LogP contribution in [-0.2, 0) is 0 Å². The first-order valence-corrected chi connectivity index (χ1v) is 10.2. The average molecular weight is 375 g/mol. The number of nitrogens with zero attached hydrogens (tertiary/aromatic N) is 4. The maximum absolute atomic E-state index is 9.07. The number of hydrogen-bond acceptors (Lipinski definition) is 5. The van der Waals surface area contributed by atoms with Crippen LogP contribution in [0.1, 0.15) is 12.8 Å². The summed E-state index contributed by atoms with van der Waals surface area (Å²) in [7, 11) is 2.17. The Morgan fingerprint density at radius 3 is 2.92 bits per heavy atom. The van der Waals surface area contributed by atoms with Gasteiger partial charge in [0.05, 0.1) is 6.07 Å². The van der Waals surface area contributed by atoms with Gasteiger partial charge in [-0.05, 0) is 36.9 Å². The zero-order valence-electron chi connectivity index (χ0n) is 14.5. The molecule has 0 saturated carbocycles. The number of likely N-dealkylation sites (N-methyl/N-ethyl adjacent to an activating group) is 1. The Bertz CT molecular complexity index is 711. The molecule has 0 amide bonds. The normalized spacial score (nSPS) is 34.8. The lowest BCUT2D eigenvalue weighted by molar-refractivity contribution is 0.0859. The molecule has 6 heteroatoms. The standard InChI is InChI=1S/C19H23ClN4S/c1-22-8-10-23(11-9-22)18-5-3-16-13-25-14-19(16)12-15(6-7-21)2-4-17(19)24(18)20/h3-6,13,18H,2,8-12,14H2,1H3/b15-6-/t18-,19-/m0/s1. The summed E-state index contributed by atoms with van der Waals surface area (Å²) in [6, 6.07) is 2.21. The Morgan fingerprint density at radius 2 is 2.16 bits per heavy atom. The SMILES string of the molecule is CN1CCN([C@@H]2C=CC3=CSC[C@@]34C/C(=C\C#N)CC=C4N2Cl)CC1. The van der Waals surface area contributed by atoms with E-state index in [1.54, 1.807) is 6.08 Å². The molecule has 4 nitrogen and oxygen atoms in total. The monoisotopic (exact) mass is 374 g/mol. The fourth-order valence-corrected chi connectivity index (χ4v) is 5.96. The quantitative estimate of drug-likeness (QED) is 0.519. The van der Waals surface area contributed by atoms with Crippen LogP contribution in [0.3, 0.4) is 0 Å². The van der Waals surface area contributed by atoms with Crippen LogP contribution < -0.4 is 0 Å². The number of hydrogen-bond donors (Lipinski definition) is 0. The molecule has 0 aromatic heterocycles. The van der Waals surface area contributed by atoms with Crippen molar-refractivity contribution in [1.29, 1.82) is 5.26 Å². The number of thioether (sulfide) groups is 1. The lowest BCUT2D eigenvalue weighted by atomic mass is 9.71. The van der Waals surface area contributed by atoms with Gasteiger partial charge >= 0.3 is 0 Å². The van der Waals surface area contributed by atoms with Gasteiger partial charge in [0.2, 0.25) is 0 Å². The van der Waals surface area contributed by atoms with E-state index in [-0.39, 0.29) is 11.6 Å². The van der Waals surface area contributed by atoms with Crippen molar-refractivity contribution in [2.45, 2.75) is 19.0 Å². The van der Waals surface area contributed by atoms with Crippen LogP contribution in [0.2, 0.25) is 0 Å². The summed E-state index contributed by atoms with van der Waals surface area (Å²) in [5, 5.41) is 11.3. The van der Waals surface area contributed by atoms with Crippen LogP contribution in [0, 0.1) is 16.7 Å². The lowest BCUT2D eigenvalue weighted by Gasteiger charge is -2.44. The summed E-state index contributed by atoms with van der Waals surface area (Å²) in [5.74, 6) is 1.000. The first-order valence-electron chi connectivity index (χ1n) is 8.80. The highest BCUT2D eigenvalue weighted by molar-refractivity contribution is 8.02. The molecular formula is C19H23ClN4S. The van der Waals surface area contributed by atoms with Crippen molar-refractivity contribution >= 4 is 23.5 Å². The Kier molecular flexibility index (Phi) is 4.72. The van der Waals surface area contributed by atoms with Gasteiger partial charge in [0.1, 0.15) is 6.17 Å². The number of halogens is 1. The largest absolute Gasteiger partial charge is 0.304 e. The third-order valence-electron chi connectivity index (χ3n) is 5.76. The number of allylic oxidation sites excluding steroid dienone is 5. The third-order valence-corrected chi connectivity index (χ3v) is 7.22. The van der Waals surface area contributed by atoms with Crippen LogP contribution in [0.15, 0.2) is 46.6 Å². The van der Waals surface area contributed by atoms with E-state index in [4.69, 9.17) is 17.0 Å². The van der Waals surface area contributed by atoms with Crippen LogP contribution in [0.4, 0.5) is 0 Å². The second-order valence-corrected chi connectivity index (χ2v) is 8.51. The molecule has 0 radical (unpaired) electrons. The number of rotatable bonds is 1. The molecule has 1 aliphatic carbocycles. The zero-order chi connectivity index (χ0) is 17.4. The third kappa shape index (κ3) is 2.96. The van der Waals surface area contributed by atoms with Crippen molar-refractivity contribution in [3.8, 4) is 6.07 Å². The highest BCUT2D eigenvalue weighted by Gasteiger charge is 2.47. The zero-order valence-corrected chi connectivity index (χ0v) is 16.1. The van der Waals surface area contributed by atoms with E-state index in [9.17, 15) is 0 Å². The molecule has 0 aromatic carbocycles. The van der Waals surface area contributed by atoms with E-state index in [0.29, 0.717) is 0 Å². The predicted molar refractivity (Wildman–Crippen MR) is 104 cm³/mol. The van der Waals surface area contributed by atoms with Crippen LogP contribution >= 0.6 is 23.5 Å². The van der Waals surface area contributed by atoms with Crippen LogP contribution in [-0.4, -0.2) is 59.4 Å². The van der Waals surface area contributed by atoms with Gasteiger partial charge in [-0.2, -0.15) is 5.26 Å². The van der Waals surface area contributed by atoms with Crippen molar-refractivity contribution < 1.29 is 0 Å². The molecule has 25 heavy (non-hydrogen) atoms. The maximum atomic E-state index is 9.07. The van der Waals surface area contributed by atoms with Gasteiger partial charge in [0.15, 0.2) is 0 Å². The minimum atomic E-state index is -0.0782. The number of piperazine rings is 1. The first kappa shape index (κ1) is 17.2. The molecule has 4 aliphatic rings. The molecule has 1 saturated heterocycles. The smallest absolute Gasteiger partial charge is 0.117 e. The Labute approximate surface area is 159 Å². The van der Waals surface area contributed by atoms with Gasteiger partial charge in [0, 0.05) is 60.9 Å². The molecule has 2 atom stereocenters. The minimum absolute atomic E-state index is 0.0782. The van der Waals surface area contributed by atoms with E-state index >= 15 is 0 Å². The second-order valence-electron chi connectivity index (χ2n) is 7.29. The van der Waals surface area contributed by atoms with Crippen LogP contribution in [0.25, 0.3) is 0 Å². The summed E-state index contributed by atoms with van der Waals surface area (Å²) in [6.07, 6.45) is 10.3. The fraction of sp³-hybridized carbons (Fsp3) is 0.526. The molecule has 3 heterocycles. The maximum Gasteiger partial charge on any atom is 0.117 e. The Balaban J connectivity index is 1.69. The van der Waals surface area contributed by atoms with Crippen molar-refractivity contribution in [1.82, 2.24) is 14.2 Å². The molecule has 1 fully saturated rings. The highest BCUT2D eigenvalue weighted by atomic mass is 35.5. The first-order chi connectivity index (χ1) is 12.1. The van der Waals surface area contributed by atoms with Crippen molar-refractivity contribution in [3.05, 3.63) is 46.6 Å². The molecule has 0 bridgehead atoms. The predicted octanol–water partition coefficient (Wildman–Crippen LogP) is 3.33. The molecule has 0 unspecified atom stereocenters. The molecule has 0 N–H and O–H groups in total. The summed E-state index contributed by atoms with van der Waals surface area (Å²) in [6.45, 7) is 4.21. The summed E-state index contributed by atoms with van der Waals surface area (Å²) >= 11 is 8.81. The van der Waals surface area contributed by atoms with Gasteiger partial charge in [-0.25, -0.2) is 0 Å². The van der Waals surface area contributed by atoms with Gasteiger partial charge < -0.3 is 4.90 Å². The van der Waals surface area contributed by atoms with E-state index < -0.39 is 0 Å². The topological polar surface area (TPSA) is 33.5 Å². The van der Waals surface area contributed by atoms with Crippen LogP contribution in [0.5, 0.6) is 0 Å². The lowest BCUT2D eigenvalue weighted by Crippen LogP contribution is -2.53. The fourth-order valence-electron chi connectivity index (χ4n) is 4.27. The van der Waals surface area contributed by atoms with E-state index in [0.717, 1.165) is 44.8 Å². The van der Waals surface area contributed by atoms with Gasteiger partial charge in [-0.1, -0.05) is 17.7 Å². The van der Waals surface area contributed by atoms with E-state index in [1.807, 2.05) is 16.2 Å². The minimum Gasteiger partial charge on any atom is -0.304 e. The molecule has 3 aliphatic heterocycles. The highest BCUT2D eigenvalue weighted by Crippen LogP contribution is 2.55. The van der Waals surface area contributed by atoms with Gasteiger partial charge in [-0.15, -0.1) is 11.8 Å². The van der Waals surface area contributed by atoms with E-state index in [2.05, 4.69) is 46.6 Å². The summed E-state index contributed by atoms with van der Waals surface area (Å²) in [5.41, 5.74) is 3.69.